The van der Waals surface area contributed by atoms with E-state index in [0.29, 0.717) is 10.7 Å². The van der Waals surface area contributed by atoms with Crippen molar-refractivity contribution in [3.63, 3.8) is 0 Å². The summed E-state index contributed by atoms with van der Waals surface area (Å²) in [6.07, 6.45) is 0.0904. The summed E-state index contributed by atoms with van der Waals surface area (Å²) in [7, 11) is 0. The number of aldehydes is 1. The minimum absolute atomic E-state index is 0.0882. The van der Waals surface area contributed by atoms with Crippen molar-refractivity contribution in [2.24, 2.45) is 10.2 Å². The standard InChI is InChI=1S/C12H11ClN2O4/c1-2-19-12(18)11(10(17)7-16)15-14-9-5-3-8(13)4-6-9/h3-7,17H,2H2,1H3/b11-10+,15-14?. The quantitative estimate of drug-likeness (QED) is 0.296. The first-order chi connectivity index (χ1) is 9.08. The largest absolute Gasteiger partial charge is 0.503 e. The van der Waals surface area contributed by atoms with E-state index in [4.69, 9.17) is 11.6 Å². The maximum atomic E-state index is 11.4. The van der Waals surface area contributed by atoms with E-state index in [1.165, 1.54) is 0 Å². The van der Waals surface area contributed by atoms with E-state index >= 15 is 0 Å². The fraction of sp³-hybridized carbons (Fsp3) is 0.167. The molecule has 0 fully saturated rings. The molecule has 0 aliphatic rings. The molecule has 7 heteroatoms. The molecule has 0 bridgehead atoms. The number of esters is 1. The molecule has 6 nitrogen and oxygen atoms in total. The third-order valence-corrected chi connectivity index (χ3v) is 2.17. The molecule has 0 radical (unpaired) electrons. The van der Waals surface area contributed by atoms with Crippen LogP contribution in [0, 0.1) is 0 Å². The van der Waals surface area contributed by atoms with E-state index < -0.39 is 17.4 Å². The normalized spacial score (nSPS) is 12.1. The molecule has 0 spiro atoms. The van der Waals surface area contributed by atoms with Crippen LogP contribution in [0.3, 0.4) is 0 Å². The molecule has 0 aliphatic heterocycles. The van der Waals surface area contributed by atoms with Gasteiger partial charge in [-0.3, -0.25) is 4.79 Å². The molecule has 1 aromatic carbocycles. The summed E-state index contributed by atoms with van der Waals surface area (Å²) in [5.74, 6) is -1.76. The molecular weight excluding hydrogens is 272 g/mol. The van der Waals surface area contributed by atoms with Gasteiger partial charge in [0.2, 0.25) is 5.70 Å². The van der Waals surface area contributed by atoms with E-state index in [0.717, 1.165) is 0 Å². The first-order valence-corrected chi connectivity index (χ1v) is 5.69. The molecule has 0 unspecified atom stereocenters. The van der Waals surface area contributed by atoms with Crippen LogP contribution in [-0.2, 0) is 14.3 Å². The number of nitrogens with zero attached hydrogens (tertiary/aromatic N) is 2. The molecule has 1 aromatic rings. The molecular formula is C12H11ClN2O4. The minimum atomic E-state index is -0.926. The minimum Gasteiger partial charge on any atom is -0.503 e. The van der Waals surface area contributed by atoms with Crippen LogP contribution >= 0.6 is 11.6 Å². The summed E-state index contributed by atoms with van der Waals surface area (Å²) in [5, 5.41) is 17.0. The number of carbonyl (C=O) groups is 2. The molecule has 0 aromatic heterocycles. The predicted octanol–water partition coefficient (Wildman–Crippen LogP) is 2.96. The van der Waals surface area contributed by atoms with Crippen molar-refractivity contribution < 1.29 is 19.4 Å². The second-order valence-electron chi connectivity index (χ2n) is 3.25. The highest BCUT2D eigenvalue weighted by molar-refractivity contribution is 6.30. The van der Waals surface area contributed by atoms with Gasteiger partial charge in [-0.15, -0.1) is 5.11 Å². The van der Waals surface area contributed by atoms with E-state index in [-0.39, 0.29) is 12.9 Å². The fourth-order valence-electron chi connectivity index (χ4n) is 1.07. The van der Waals surface area contributed by atoms with Gasteiger partial charge in [-0.1, -0.05) is 11.6 Å². The van der Waals surface area contributed by atoms with Gasteiger partial charge in [0.05, 0.1) is 12.3 Å². The van der Waals surface area contributed by atoms with Gasteiger partial charge in [0.1, 0.15) is 0 Å². The third-order valence-electron chi connectivity index (χ3n) is 1.92. The molecule has 0 amide bonds. The number of carbonyl (C=O) groups excluding carboxylic acids is 2. The number of benzene rings is 1. The van der Waals surface area contributed by atoms with Gasteiger partial charge >= 0.3 is 5.97 Å². The lowest BCUT2D eigenvalue weighted by atomic mass is 10.3. The molecule has 1 rings (SSSR count). The Labute approximate surface area is 114 Å². The van der Waals surface area contributed by atoms with Gasteiger partial charge in [0.15, 0.2) is 12.0 Å². The molecule has 0 heterocycles. The van der Waals surface area contributed by atoms with Crippen LogP contribution in [0.25, 0.3) is 0 Å². The number of hydrogen-bond donors (Lipinski definition) is 1. The molecule has 19 heavy (non-hydrogen) atoms. The lowest BCUT2D eigenvalue weighted by Gasteiger charge is -2.01. The topological polar surface area (TPSA) is 88.3 Å². The number of allylic oxidation sites excluding steroid dienone is 1. The van der Waals surface area contributed by atoms with Gasteiger partial charge in [-0.25, -0.2) is 4.79 Å². The highest BCUT2D eigenvalue weighted by Crippen LogP contribution is 2.18. The average molecular weight is 283 g/mol. The fourth-order valence-corrected chi connectivity index (χ4v) is 1.19. The average Bonchev–Trinajstić information content (AvgIpc) is 2.41. The highest BCUT2D eigenvalue weighted by Gasteiger charge is 2.16. The van der Waals surface area contributed by atoms with Gasteiger partial charge < -0.3 is 9.84 Å². The van der Waals surface area contributed by atoms with Crippen molar-refractivity contribution in [1.29, 1.82) is 0 Å². The molecule has 0 aliphatic carbocycles. The van der Waals surface area contributed by atoms with Crippen LogP contribution in [0.5, 0.6) is 0 Å². The van der Waals surface area contributed by atoms with Crippen LogP contribution in [0.4, 0.5) is 5.69 Å². The summed E-state index contributed by atoms with van der Waals surface area (Å²) >= 11 is 5.70. The monoisotopic (exact) mass is 282 g/mol. The predicted molar refractivity (Wildman–Crippen MR) is 68.3 cm³/mol. The lowest BCUT2D eigenvalue weighted by Crippen LogP contribution is -2.09. The summed E-state index contributed by atoms with van der Waals surface area (Å²) < 4.78 is 4.64. The Morgan fingerprint density at radius 2 is 2.05 bits per heavy atom. The van der Waals surface area contributed by atoms with Crippen molar-refractivity contribution in [2.75, 3.05) is 6.61 Å². The Kier molecular flexibility index (Phi) is 5.69. The van der Waals surface area contributed by atoms with Gasteiger partial charge in [-0.2, -0.15) is 5.11 Å². The molecule has 0 atom stereocenters. The number of rotatable bonds is 5. The van der Waals surface area contributed by atoms with E-state index in [9.17, 15) is 14.7 Å². The first kappa shape index (κ1) is 14.8. The number of aliphatic hydroxyl groups is 1. The molecule has 100 valence electrons. The summed E-state index contributed by atoms with van der Waals surface area (Å²) in [6, 6.07) is 6.30. The highest BCUT2D eigenvalue weighted by atomic mass is 35.5. The van der Waals surface area contributed by atoms with Crippen LogP contribution in [0.2, 0.25) is 5.02 Å². The van der Waals surface area contributed by atoms with Gasteiger partial charge in [-0.05, 0) is 31.2 Å². The zero-order valence-corrected chi connectivity index (χ0v) is 10.8. The van der Waals surface area contributed by atoms with Crippen molar-refractivity contribution >= 4 is 29.5 Å². The lowest BCUT2D eigenvalue weighted by molar-refractivity contribution is -0.139. The number of ether oxygens (including phenoxy) is 1. The van der Waals surface area contributed by atoms with Crippen molar-refractivity contribution in [1.82, 2.24) is 0 Å². The molecule has 0 saturated heterocycles. The number of aliphatic hydroxyl groups excluding tert-OH is 1. The maximum Gasteiger partial charge on any atom is 0.362 e. The molecule has 0 saturated carbocycles. The Morgan fingerprint density at radius 3 is 2.58 bits per heavy atom. The van der Waals surface area contributed by atoms with Crippen molar-refractivity contribution in [3.8, 4) is 0 Å². The third kappa shape index (κ3) is 4.51. The Bertz CT molecular complexity index is 523. The van der Waals surface area contributed by atoms with E-state index in [2.05, 4.69) is 15.0 Å². The summed E-state index contributed by atoms with van der Waals surface area (Å²) in [4.78, 5) is 21.9. The Hall–Kier alpha value is -2.21. The van der Waals surface area contributed by atoms with Crippen LogP contribution in [0.15, 0.2) is 46.0 Å². The first-order valence-electron chi connectivity index (χ1n) is 5.31. The number of hydrogen-bond acceptors (Lipinski definition) is 6. The summed E-state index contributed by atoms with van der Waals surface area (Å²) in [6.45, 7) is 1.68. The summed E-state index contributed by atoms with van der Waals surface area (Å²) in [5.41, 5.74) is -0.142. The van der Waals surface area contributed by atoms with Crippen molar-refractivity contribution in [2.45, 2.75) is 6.92 Å². The number of azo groups is 1. The van der Waals surface area contributed by atoms with Crippen LogP contribution in [-0.4, -0.2) is 24.0 Å². The smallest absolute Gasteiger partial charge is 0.362 e. The number of halogens is 1. The van der Waals surface area contributed by atoms with Crippen molar-refractivity contribution in [3.05, 3.63) is 40.7 Å². The van der Waals surface area contributed by atoms with Crippen LogP contribution in [0.1, 0.15) is 6.92 Å². The zero-order valence-electron chi connectivity index (χ0n) is 10.0. The second kappa shape index (κ2) is 7.27. The SMILES string of the molecule is CCOC(=O)/C(N=Nc1ccc(Cl)cc1)=C(\O)C=O. The maximum absolute atomic E-state index is 11.4. The zero-order chi connectivity index (χ0) is 14.3. The van der Waals surface area contributed by atoms with Gasteiger partial charge in [0, 0.05) is 5.02 Å². The second-order valence-corrected chi connectivity index (χ2v) is 3.69. The Balaban J connectivity index is 2.98. The van der Waals surface area contributed by atoms with Gasteiger partial charge in [0.25, 0.3) is 0 Å². The molecule has 1 N–H and O–H groups in total. The Morgan fingerprint density at radius 1 is 1.42 bits per heavy atom. The van der Waals surface area contributed by atoms with E-state index in [1.54, 1.807) is 31.2 Å². The van der Waals surface area contributed by atoms with Crippen LogP contribution < -0.4 is 0 Å². The van der Waals surface area contributed by atoms with E-state index in [1.807, 2.05) is 0 Å².